The van der Waals surface area contributed by atoms with Gasteiger partial charge in [-0.25, -0.2) is 9.37 Å². The number of halogens is 1. The minimum atomic E-state index is -0.579. The van der Waals surface area contributed by atoms with Crippen LogP contribution in [0.4, 0.5) is 4.39 Å². The largest absolute Gasteiger partial charge is 0.383 e. The van der Waals surface area contributed by atoms with Gasteiger partial charge in [-0.3, -0.25) is 14.2 Å². The first-order valence-electron chi connectivity index (χ1n) is 11.6. The van der Waals surface area contributed by atoms with Gasteiger partial charge in [0.15, 0.2) is 0 Å². The summed E-state index contributed by atoms with van der Waals surface area (Å²) in [6, 6.07) is 19.8. The van der Waals surface area contributed by atoms with Crippen molar-refractivity contribution in [3.63, 3.8) is 0 Å². The van der Waals surface area contributed by atoms with Gasteiger partial charge in [0.2, 0.25) is 0 Å². The predicted octanol–water partition coefficient (Wildman–Crippen LogP) is 4.94. The third kappa shape index (κ3) is 4.86. The van der Waals surface area contributed by atoms with E-state index in [1.54, 1.807) is 28.7 Å². The Morgan fingerprint density at radius 3 is 2.46 bits per heavy atom. The number of carbonyl (C=O) groups excluding carboxylic acids is 1. The van der Waals surface area contributed by atoms with E-state index in [-0.39, 0.29) is 18.0 Å². The molecule has 0 saturated heterocycles. The van der Waals surface area contributed by atoms with Crippen LogP contribution in [0, 0.1) is 5.82 Å². The number of ether oxygens (including phenoxy) is 1. The first-order valence-corrected chi connectivity index (χ1v) is 11.6. The van der Waals surface area contributed by atoms with Crippen LogP contribution in [0.2, 0.25) is 0 Å². The highest BCUT2D eigenvalue weighted by molar-refractivity contribution is 5.94. The number of benzene rings is 3. The van der Waals surface area contributed by atoms with Crippen molar-refractivity contribution in [3.8, 4) is 5.69 Å². The molecule has 4 aromatic rings. The van der Waals surface area contributed by atoms with Gasteiger partial charge in [0.1, 0.15) is 11.6 Å². The number of aromatic nitrogens is 2. The average molecular weight is 474 g/mol. The summed E-state index contributed by atoms with van der Waals surface area (Å²) in [5.74, 6) is -0.271. The van der Waals surface area contributed by atoms with Crippen LogP contribution in [-0.4, -0.2) is 40.6 Å². The van der Waals surface area contributed by atoms with Crippen LogP contribution in [0.3, 0.4) is 0 Å². The van der Waals surface area contributed by atoms with Crippen molar-refractivity contribution in [2.24, 2.45) is 0 Å². The number of aryl methyl sites for hydroxylation is 1. The second-order valence-electron chi connectivity index (χ2n) is 8.28. The molecule has 0 spiro atoms. The minimum Gasteiger partial charge on any atom is -0.383 e. The van der Waals surface area contributed by atoms with Crippen molar-refractivity contribution in [2.75, 3.05) is 20.3 Å². The highest BCUT2D eigenvalue weighted by atomic mass is 19.1. The molecule has 0 radical (unpaired) electrons. The van der Waals surface area contributed by atoms with Crippen molar-refractivity contribution in [1.82, 2.24) is 14.5 Å². The first kappa shape index (κ1) is 24.3. The Labute approximate surface area is 203 Å². The molecule has 1 heterocycles. The Morgan fingerprint density at radius 2 is 1.74 bits per heavy atom. The van der Waals surface area contributed by atoms with E-state index in [0.717, 1.165) is 17.7 Å². The molecular weight excluding hydrogens is 445 g/mol. The van der Waals surface area contributed by atoms with E-state index in [9.17, 15) is 14.0 Å². The number of hydrogen-bond acceptors (Lipinski definition) is 4. The number of rotatable bonds is 8. The van der Waals surface area contributed by atoms with Gasteiger partial charge in [0.25, 0.3) is 11.5 Å². The smallest absolute Gasteiger partial charge is 0.266 e. The van der Waals surface area contributed by atoms with Gasteiger partial charge in [-0.05, 0) is 61.4 Å². The number of amides is 1. The number of fused-ring (bicyclic) bond motifs is 1. The highest BCUT2D eigenvalue weighted by Gasteiger charge is 2.28. The Balaban J connectivity index is 1.92. The Bertz CT molecular complexity index is 1400. The van der Waals surface area contributed by atoms with Crippen LogP contribution in [0.15, 0.2) is 77.6 Å². The van der Waals surface area contributed by atoms with Crippen LogP contribution in [0.5, 0.6) is 0 Å². The lowest BCUT2D eigenvalue weighted by atomic mass is 10.1. The molecule has 0 saturated carbocycles. The lowest BCUT2D eigenvalue weighted by molar-refractivity contribution is 0.0605. The molecule has 1 unspecified atom stereocenters. The fourth-order valence-electron chi connectivity index (χ4n) is 4.25. The molecule has 35 heavy (non-hydrogen) atoms. The number of methoxy groups -OCH3 is 1. The van der Waals surface area contributed by atoms with Crippen LogP contribution in [0.1, 0.15) is 41.6 Å². The number of hydrogen-bond donors (Lipinski definition) is 0. The van der Waals surface area contributed by atoms with E-state index in [1.807, 2.05) is 50.2 Å². The third-order valence-corrected chi connectivity index (χ3v) is 6.14. The van der Waals surface area contributed by atoms with Crippen molar-refractivity contribution in [3.05, 3.63) is 106 Å². The quantitative estimate of drug-likeness (QED) is 0.364. The Morgan fingerprint density at radius 1 is 1.06 bits per heavy atom. The van der Waals surface area contributed by atoms with Crippen LogP contribution in [0.25, 0.3) is 16.6 Å². The lowest BCUT2D eigenvalue weighted by Gasteiger charge is -2.31. The van der Waals surface area contributed by atoms with E-state index in [2.05, 4.69) is 0 Å². The Hall–Kier alpha value is -3.84. The molecule has 0 aliphatic rings. The number of nitrogens with zero attached hydrogens (tertiary/aromatic N) is 3. The molecule has 1 amide bonds. The summed E-state index contributed by atoms with van der Waals surface area (Å²) in [6.07, 6.45) is 0.727. The normalized spacial score (nSPS) is 12.0. The summed E-state index contributed by atoms with van der Waals surface area (Å²) in [4.78, 5) is 33.8. The number of carbonyl (C=O) groups is 1. The van der Waals surface area contributed by atoms with E-state index in [4.69, 9.17) is 9.72 Å². The molecule has 180 valence electrons. The van der Waals surface area contributed by atoms with Gasteiger partial charge in [0, 0.05) is 19.2 Å². The van der Waals surface area contributed by atoms with E-state index in [1.165, 1.54) is 24.3 Å². The number of para-hydroxylation sites is 2. The summed E-state index contributed by atoms with van der Waals surface area (Å²) in [7, 11) is 1.56. The molecule has 0 aliphatic carbocycles. The zero-order chi connectivity index (χ0) is 24.9. The topological polar surface area (TPSA) is 64.4 Å². The zero-order valence-corrected chi connectivity index (χ0v) is 20.1. The van der Waals surface area contributed by atoms with E-state index >= 15 is 0 Å². The maximum Gasteiger partial charge on any atom is 0.266 e. The summed E-state index contributed by atoms with van der Waals surface area (Å²) < 4.78 is 20.4. The summed E-state index contributed by atoms with van der Waals surface area (Å²) in [5, 5.41) is 0.502. The van der Waals surface area contributed by atoms with Gasteiger partial charge in [0.05, 0.1) is 29.2 Å². The second kappa shape index (κ2) is 10.6. The fourth-order valence-corrected chi connectivity index (χ4v) is 4.25. The van der Waals surface area contributed by atoms with Crippen LogP contribution in [-0.2, 0) is 11.2 Å². The standard InChI is InChI=1S/C28H28FN3O3/c1-4-20-9-5-8-12-25(20)32-26(30-24-11-7-6-10-23(24)28(32)34)19(2)31(17-18-35-3)27(33)21-13-15-22(29)16-14-21/h5-16,19H,4,17-18H2,1-3H3. The van der Waals surface area contributed by atoms with Gasteiger partial charge in [-0.1, -0.05) is 37.3 Å². The van der Waals surface area contributed by atoms with Gasteiger partial charge < -0.3 is 9.64 Å². The first-order chi connectivity index (χ1) is 17.0. The fraction of sp³-hybridized carbons (Fsp3) is 0.250. The molecule has 7 heteroatoms. The van der Waals surface area contributed by atoms with Crippen molar-refractivity contribution < 1.29 is 13.9 Å². The average Bonchev–Trinajstić information content (AvgIpc) is 2.89. The van der Waals surface area contributed by atoms with Crippen molar-refractivity contribution >= 4 is 16.8 Å². The second-order valence-corrected chi connectivity index (χ2v) is 8.28. The van der Waals surface area contributed by atoms with E-state index in [0.29, 0.717) is 28.9 Å². The lowest BCUT2D eigenvalue weighted by Crippen LogP contribution is -2.39. The van der Waals surface area contributed by atoms with Gasteiger partial charge in [-0.15, -0.1) is 0 Å². The predicted molar refractivity (Wildman–Crippen MR) is 134 cm³/mol. The molecule has 0 bridgehead atoms. The van der Waals surface area contributed by atoms with E-state index < -0.39 is 11.9 Å². The van der Waals surface area contributed by atoms with Crippen LogP contribution < -0.4 is 5.56 Å². The molecule has 0 aliphatic heterocycles. The van der Waals surface area contributed by atoms with Crippen LogP contribution >= 0.6 is 0 Å². The SMILES string of the molecule is CCc1ccccc1-n1c(C(C)N(CCOC)C(=O)c2ccc(F)cc2)nc2ccccc2c1=O. The third-order valence-electron chi connectivity index (χ3n) is 6.14. The maximum absolute atomic E-state index is 13.8. The summed E-state index contributed by atoms with van der Waals surface area (Å²) in [5.41, 5.74) is 2.44. The van der Waals surface area contributed by atoms with Crippen molar-refractivity contribution in [2.45, 2.75) is 26.3 Å². The minimum absolute atomic E-state index is 0.195. The summed E-state index contributed by atoms with van der Waals surface area (Å²) in [6.45, 7) is 4.44. The summed E-state index contributed by atoms with van der Waals surface area (Å²) >= 11 is 0. The molecule has 1 aromatic heterocycles. The monoisotopic (exact) mass is 473 g/mol. The van der Waals surface area contributed by atoms with Crippen molar-refractivity contribution in [1.29, 1.82) is 0 Å². The molecule has 3 aromatic carbocycles. The molecule has 6 nitrogen and oxygen atoms in total. The van der Waals surface area contributed by atoms with Gasteiger partial charge >= 0.3 is 0 Å². The molecule has 0 N–H and O–H groups in total. The van der Waals surface area contributed by atoms with Gasteiger partial charge in [-0.2, -0.15) is 0 Å². The maximum atomic E-state index is 13.8. The molecule has 4 rings (SSSR count). The molecular formula is C28H28FN3O3. The molecule has 1 atom stereocenters. The zero-order valence-electron chi connectivity index (χ0n) is 20.1. The molecule has 0 fully saturated rings. The Kier molecular flexibility index (Phi) is 7.36. The highest BCUT2D eigenvalue weighted by Crippen LogP contribution is 2.26.